The summed E-state index contributed by atoms with van der Waals surface area (Å²) in [4.78, 5) is 23.3. The predicted molar refractivity (Wildman–Crippen MR) is 348 cm³/mol. The summed E-state index contributed by atoms with van der Waals surface area (Å²) in [5.74, 6) is -1.89. The molecule has 2 N–H and O–H groups in total. The number of hydrogen-bond donors (Lipinski definition) is 2. The van der Waals surface area contributed by atoms with Crippen molar-refractivity contribution in [1.82, 2.24) is 0 Å². The number of hydrogen-bond acceptors (Lipinski definition) is 4. The van der Waals surface area contributed by atoms with E-state index >= 15 is 0 Å². The predicted octanol–water partition coefficient (Wildman–Crippen LogP) is 23.3. The molecule has 2 rings (SSSR count). The van der Waals surface area contributed by atoms with Gasteiger partial charge in [0.1, 0.15) is 0 Å². The average Bonchev–Trinajstić information content (AvgIpc) is 3.44. The molecule has 8 heteroatoms. The van der Waals surface area contributed by atoms with Gasteiger partial charge >= 0.3 is 11.9 Å². The first kappa shape index (κ1) is 76.0. The van der Waals surface area contributed by atoms with Crippen LogP contribution in [0.2, 0.25) is 0 Å². The minimum Gasteiger partial charge on any atom is -0.478 e. The summed E-state index contributed by atoms with van der Waals surface area (Å²) in [7, 11) is 2.97. The van der Waals surface area contributed by atoms with Crippen LogP contribution in [0.4, 0.5) is 0 Å². The summed E-state index contributed by atoms with van der Waals surface area (Å²) in [5, 5.41) is 17.6. The number of aromatic carboxylic acids is 2. The van der Waals surface area contributed by atoms with Crippen molar-refractivity contribution in [2.24, 2.45) is 0 Å². The van der Waals surface area contributed by atoms with E-state index < -0.39 is 11.9 Å². The average molecular weight is 1130 g/mol. The first-order chi connectivity index (χ1) is 38.0. The molecule has 0 aliphatic rings. The zero-order valence-corrected chi connectivity index (χ0v) is 54.6. The van der Waals surface area contributed by atoms with Crippen LogP contribution in [0.5, 0.6) is 0 Å². The molecule has 0 amide bonds. The summed E-state index contributed by atoms with van der Waals surface area (Å²) in [5.41, 5.74) is 0.510. The molecule has 0 fully saturated rings. The minimum atomic E-state index is -0.946. The first-order valence-electron chi connectivity index (χ1n) is 33.8. The number of nitrogens with zero attached hydrogens (tertiary/aromatic N) is 2. The van der Waals surface area contributed by atoms with Crippen LogP contribution in [-0.4, -0.2) is 83.5 Å². The number of unbranched alkanes of at least 4 members (excludes halogenated alkanes) is 32. The number of rotatable bonds is 53. The maximum Gasteiger partial charge on any atom is 0.335 e. The highest BCUT2D eigenvalue weighted by atomic mass is 33.1. The fourth-order valence-corrected chi connectivity index (χ4v) is 13.1. The summed E-state index contributed by atoms with van der Waals surface area (Å²) in [6.07, 6.45) is 57.6. The van der Waals surface area contributed by atoms with E-state index in [0.29, 0.717) is 0 Å². The van der Waals surface area contributed by atoms with Crippen LogP contribution >= 0.6 is 21.6 Å². The highest BCUT2D eigenvalue weighted by Gasteiger charge is 2.27. The zero-order valence-electron chi connectivity index (χ0n) is 53.0. The normalized spacial score (nSPS) is 11.5. The molecule has 0 aliphatic carbocycles. The van der Waals surface area contributed by atoms with Gasteiger partial charge in [-0.25, -0.2) is 9.59 Å². The molecular weight excluding hydrogens is 997 g/mol. The molecule has 0 saturated carbocycles. The Morgan fingerprint density at radius 2 is 0.423 bits per heavy atom. The Morgan fingerprint density at radius 1 is 0.269 bits per heavy atom. The largest absolute Gasteiger partial charge is 0.478 e. The third kappa shape index (κ3) is 43.7. The molecule has 0 unspecified atom stereocenters. The Kier molecular flexibility index (Phi) is 54.1. The maximum atomic E-state index is 10.7. The second-order valence-electron chi connectivity index (χ2n) is 23.6. The van der Waals surface area contributed by atoms with Crippen LogP contribution in [0.1, 0.15) is 333 Å². The van der Waals surface area contributed by atoms with E-state index in [0.717, 1.165) is 9.79 Å². The highest BCUT2D eigenvalue weighted by molar-refractivity contribution is 8.76. The molecule has 6 nitrogen and oxygen atoms in total. The smallest absolute Gasteiger partial charge is 0.335 e. The molecule has 0 atom stereocenters. The van der Waals surface area contributed by atoms with Gasteiger partial charge in [-0.1, -0.05) is 231 Å². The lowest BCUT2D eigenvalue weighted by Crippen LogP contribution is -2.50. The maximum absolute atomic E-state index is 10.7. The zero-order chi connectivity index (χ0) is 57.5. The molecule has 0 heterocycles. The summed E-state index contributed by atoms with van der Waals surface area (Å²) < 4.78 is 2.94. The molecule has 0 radical (unpaired) electrons. The lowest BCUT2D eigenvalue weighted by Gasteiger charge is -2.40. The van der Waals surface area contributed by atoms with E-state index in [1.807, 2.05) is 0 Å². The Bertz CT molecular complexity index is 1350. The number of quaternary nitrogens is 2. The van der Waals surface area contributed by atoms with Crippen LogP contribution in [0.15, 0.2) is 58.3 Å². The Hall–Kier alpha value is -2.00. The van der Waals surface area contributed by atoms with Crippen LogP contribution in [0.3, 0.4) is 0 Å². The number of carboxylic acid groups (broad SMARTS) is 2. The topological polar surface area (TPSA) is 74.6 Å². The molecule has 0 aliphatic heterocycles. The third-order valence-corrected chi connectivity index (χ3v) is 18.7. The molecule has 0 bridgehead atoms. The number of benzene rings is 2. The minimum absolute atomic E-state index is 0.255. The molecule has 0 aromatic heterocycles. The van der Waals surface area contributed by atoms with E-state index in [9.17, 15) is 9.59 Å². The van der Waals surface area contributed by atoms with Crippen LogP contribution in [-0.2, 0) is 0 Å². The van der Waals surface area contributed by atoms with E-state index in [1.54, 1.807) is 48.5 Å². The number of carbonyl (C=O) groups is 2. The summed E-state index contributed by atoms with van der Waals surface area (Å²) in [6.45, 7) is 30.5. The van der Waals surface area contributed by atoms with Gasteiger partial charge < -0.3 is 19.2 Å². The van der Waals surface area contributed by atoms with Crippen molar-refractivity contribution in [3.8, 4) is 0 Å². The van der Waals surface area contributed by atoms with Crippen LogP contribution in [0, 0.1) is 0 Å². The van der Waals surface area contributed by atoms with Crippen molar-refractivity contribution < 1.29 is 28.8 Å². The lowest BCUT2D eigenvalue weighted by molar-refractivity contribution is -0.929. The van der Waals surface area contributed by atoms with Crippen molar-refractivity contribution in [1.29, 1.82) is 0 Å². The third-order valence-electron chi connectivity index (χ3n) is 16.3. The van der Waals surface area contributed by atoms with Gasteiger partial charge in [-0.05, 0) is 151 Å². The van der Waals surface area contributed by atoms with Crippen molar-refractivity contribution >= 4 is 33.5 Å². The van der Waals surface area contributed by atoms with Crippen molar-refractivity contribution in [2.45, 2.75) is 322 Å². The molecule has 2 aromatic rings. The molecule has 0 saturated heterocycles. The first-order valence-corrected chi connectivity index (χ1v) is 35.9. The van der Waals surface area contributed by atoms with Gasteiger partial charge in [0.25, 0.3) is 0 Å². The van der Waals surface area contributed by atoms with E-state index in [1.165, 1.54) is 340 Å². The van der Waals surface area contributed by atoms with Gasteiger partial charge in [-0.3, -0.25) is 0 Å². The van der Waals surface area contributed by atoms with Gasteiger partial charge in [-0.2, -0.15) is 0 Å². The fourth-order valence-electron chi connectivity index (χ4n) is 11.2. The molecule has 454 valence electrons. The van der Waals surface area contributed by atoms with Gasteiger partial charge in [0.2, 0.25) is 0 Å². The van der Waals surface area contributed by atoms with E-state index in [4.69, 9.17) is 10.2 Å². The SMILES string of the molecule is CCCCCCC[N+](CCCCCCC)(CCCCCCC)CCCCCCC.CCCCCCC[N+](CCCCCCC)(CCCCCCC)CCCCCCC.O=C(O)c1ccc(SSc2ccc(C(=O)O)cc2)cc1. The van der Waals surface area contributed by atoms with Crippen LogP contribution in [0.25, 0.3) is 0 Å². The molecule has 78 heavy (non-hydrogen) atoms. The van der Waals surface area contributed by atoms with Crippen LogP contribution < -0.4 is 0 Å². The standard InChI is InChI=1S/2C28H60N.C14H10O4S2/c2*1-5-9-13-17-21-25-29(26-22-18-14-10-6-2,27-23-19-15-11-7-3)28-24-20-16-12-8-4;15-13(16)9-1-5-11(6-2-9)19-20-12-7-3-10(4-8-12)14(17)18/h2*5-28H2,1-4H3;1-8H,(H,15,16)(H,17,18)/q2*+1;. The van der Waals surface area contributed by atoms with Crippen molar-refractivity contribution in [3.63, 3.8) is 0 Å². The Labute approximate surface area is 493 Å². The molecule has 0 spiro atoms. The molecule has 2 aromatic carbocycles. The van der Waals surface area contributed by atoms with E-state index in [2.05, 4.69) is 55.4 Å². The van der Waals surface area contributed by atoms with E-state index in [-0.39, 0.29) is 11.1 Å². The second-order valence-corrected chi connectivity index (χ2v) is 25.9. The fraction of sp³-hybridized carbons (Fsp3) is 0.800. The van der Waals surface area contributed by atoms with Gasteiger partial charge in [-0.15, -0.1) is 0 Å². The highest BCUT2D eigenvalue weighted by Crippen LogP contribution is 2.37. The molecular formula is C70H130N2O4S2+2. The van der Waals surface area contributed by atoms with Gasteiger partial charge in [0, 0.05) is 9.79 Å². The summed E-state index contributed by atoms with van der Waals surface area (Å²) >= 11 is 0. The lowest BCUT2D eigenvalue weighted by atomic mass is 10.1. The Balaban J connectivity index is 0.00000116. The van der Waals surface area contributed by atoms with Gasteiger partial charge in [0.15, 0.2) is 0 Å². The monoisotopic (exact) mass is 1130 g/mol. The van der Waals surface area contributed by atoms with Gasteiger partial charge in [0.05, 0.1) is 63.5 Å². The Morgan fingerprint density at radius 3 is 0.564 bits per heavy atom. The summed E-state index contributed by atoms with van der Waals surface area (Å²) in [6, 6.07) is 13.2. The second kappa shape index (κ2) is 55.5. The number of carboxylic acids is 2. The quantitative estimate of drug-likeness (QED) is 0.0391. The van der Waals surface area contributed by atoms with Crippen molar-refractivity contribution in [2.75, 3.05) is 52.4 Å². The van der Waals surface area contributed by atoms with Crippen molar-refractivity contribution in [3.05, 3.63) is 59.7 Å².